The lowest BCUT2D eigenvalue weighted by Gasteiger charge is -2.39. The summed E-state index contributed by atoms with van der Waals surface area (Å²) < 4.78 is 26.1. The topological polar surface area (TPSA) is 37.4 Å². The summed E-state index contributed by atoms with van der Waals surface area (Å²) in [4.78, 5) is 0.535. The summed E-state index contributed by atoms with van der Waals surface area (Å²) in [6, 6.07) is 7.45. The minimum Gasteiger partial charge on any atom is -0.207 e. The number of fused-ring (bicyclic) bond motifs is 3. The van der Waals surface area contributed by atoms with Gasteiger partial charge < -0.3 is 0 Å². The molecule has 1 saturated carbocycles. The first-order valence-electron chi connectivity index (χ1n) is 5.19. The van der Waals surface area contributed by atoms with Crippen molar-refractivity contribution in [2.24, 2.45) is 5.92 Å². The molecule has 0 amide bonds. The van der Waals surface area contributed by atoms with E-state index in [2.05, 4.69) is 6.92 Å². The summed E-state index contributed by atoms with van der Waals surface area (Å²) >= 11 is 0. The first-order valence-corrected chi connectivity index (χ1v) is 6.63. The van der Waals surface area contributed by atoms with E-state index >= 15 is 0 Å². The Bertz CT molecular complexity index is 580. The molecular weight excluding hydrogens is 210 g/mol. The Labute approximate surface area is 88.8 Å². The van der Waals surface area contributed by atoms with Crippen LogP contribution in [0.5, 0.6) is 0 Å². The maximum absolute atomic E-state index is 12.2. The number of benzene rings is 1. The van der Waals surface area contributed by atoms with Gasteiger partial charge in [0.2, 0.25) is 10.0 Å². The van der Waals surface area contributed by atoms with Crippen LogP contribution in [0.1, 0.15) is 18.4 Å². The van der Waals surface area contributed by atoms with Crippen LogP contribution in [0.25, 0.3) is 0 Å². The molecule has 1 saturated heterocycles. The lowest BCUT2D eigenvalue weighted by atomic mass is 10.1. The Morgan fingerprint density at radius 3 is 2.93 bits per heavy atom. The van der Waals surface area contributed by atoms with Crippen LogP contribution in [0, 0.1) is 5.92 Å². The van der Waals surface area contributed by atoms with Crippen LogP contribution in [0.2, 0.25) is 0 Å². The predicted molar refractivity (Wildman–Crippen MR) is 55.0 cm³/mol. The Balaban J connectivity index is 2.10. The summed E-state index contributed by atoms with van der Waals surface area (Å²) in [7, 11) is -3.19. The van der Waals surface area contributed by atoms with E-state index in [0.717, 1.165) is 12.1 Å². The largest absolute Gasteiger partial charge is 0.243 e. The molecule has 78 valence electrons. The van der Waals surface area contributed by atoms with Crippen molar-refractivity contribution >= 4 is 10.0 Å². The third-order valence-corrected chi connectivity index (χ3v) is 6.45. The highest BCUT2D eigenvalue weighted by Crippen LogP contribution is 2.72. The van der Waals surface area contributed by atoms with Crippen molar-refractivity contribution in [1.29, 1.82) is 0 Å². The zero-order valence-electron chi connectivity index (χ0n) is 8.34. The minimum atomic E-state index is -3.19. The highest BCUT2D eigenvalue weighted by Gasteiger charge is 2.78. The van der Waals surface area contributed by atoms with Gasteiger partial charge in [0.05, 0.1) is 4.90 Å². The van der Waals surface area contributed by atoms with E-state index in [9.17, 15) is 8.42 Å². The predicted octanol–water partition coefficient (Wildman–Crippen LogP) is 1.18. The second-order valence-corrected chi connectivity index (χ2v) is 6.71. The zero-order valence-corrected chi connectivity index (χ0v) is 9.16. The van der Waals surface area contributed by atoms with Gasteiger partial charge in [-0.3, -0.25) is 0 Å². The highest BCUT2D eigenvalue weighted by molar-refractivity contribution is 7.89. The maximum Gasteiger partial charge on any atom is 0.243 e. The second-order valence-electron chi connectivity index (χ2n) is 4.88. The molecule has 4 rings (SSSR count). The number of hydrogen-bond acceptors (Lipinski definition) is 2. The van der Waals surface area contributed by atoms with E-state index in [4.69, 9.17) is 0 Å². The van der Waals surface area contributed by atoms with Crippen molar-refractivity contribution in [2.45, 2.75) is 23.3 Å². The third-order valence-electron chi connectivity index (χ3n) is 4.40. The SMILES string of the molecule is C[C@]12[C@@H]3c4ccccc4S(=O)(=O)N1C[C@@H]32. The molecule has 0 aromatic heterocycles. The molecule has 2 aliphatic heterocycles. The van der Waals surface area contributed by atoms with E-state index < -0.39 is 10.0 Å². The Morgan fingerprint density at radius 1 is 1.40 bits per heavy atom. The summed E-state index contributed by atoms with van der Waals surface area (Å²) in [5.41, 5.74) is 0.964. The Morgan fingerprint density at radius 2 is 2.13 bits per heavy atom. The van der Waals surface area contributed by atoms with Crippen LogP contribution < -0.4 is 0 Å². The second kappa shape index (κ2) is 1.99. The van der Waals surface area contributed by atoms with Gasteiger partial charge >= 0.3 is 0 Å². The van der Waals surface area contributed by atoms with Gasteiger partial charge in [0.15, 0.2) is 0 Å². The summed E-state index contributed by atoms with van der Waals surface area (Å²) in [6.45, 7) is 2.79. The number of hydrogen-bond donors (Lipinski definition) is 0. The maximum atomic E-state index is 12.2. The van der Waals surface area contributed by atoms with E-state index in [-0.39, 0.29) is 5.54 Å². The standard InChI is InChI=1S/C11H11NO2S/c1-11-8-6-12(11)15(13,14)9-5-3-2-4-7(9)10(8)11/h2-5,8,10H,6H2,1H3/t8-,10+,11-/m0/s1. The molecule has 2 heterocycles. The molecular formula is C11H11NO2S. The molecule has 2 fully saturated rings. The molecule has 1 aromatic rings. The van der Waals surface area contributed by atoms with Crippen molar-refractivity contribution < 1.29 is 8.42 Å². The summed E-state index contributed by atoms with van der Waals surface area (Å²) in [5.74, 6) is 1.02. The fourth-order valence-corrected chi connectivity index (χ4v) is 5.56. The Hall–Kier alpha value is -0.870. The van der Waals surface area contributed by atoms with Gasteiger partial charge in [-0.1, -0.05) is 18.2 Å². The molecule has 4 heteroatoms. The monoisotopic (exact) mass is 221 g/mol. The van der Waals surface area contributed by atoms with Gasteiger partial charge in [0.25, 0.3) is 0 Å². The number of rotatable bonds is 0. The van der Waals surface area contributed by atoms with Crippen LogP contribution in [-0.2, 0) is 10.0 Å². The smallest absolute Gasteiger partial charge is 0.207 e. The normalized spacial score (nSPS) is 43.8. The summed E-state index contributed by atoms with van der Waals surface area (Å²) in [5, 5.41) is 0. The number of nitrogens with zero attached hydrogens (tertiary/aromatic N) is 1. The van der Waals surface area contributed by atoms with Gasteiger partial charge in [-0.15, -0.1) is 0 Å². The lowest BCUT2D eigenvalue weighted by molar-refractivity contribution is 0.199. The van der Waals surface area contributed by atoms with Gasteiger partial charge in [-0.2, -0.15) is 4.31 Å². The fourth-order valence-electron chi connectivity index (χ4n) is 3.46. The van der Waals surface area contributed by atoms with E-state index in [1.165, 1.54) is 0 Å². The third kappa shape index (κ3) is 0.647. The molecule has 3 nitrogen and oxygen atoms in total. The zero-order chi connectivity index (χ0) is 10.4. The molecule has 0 spiro atoms. The van der Waals surface area contributed by atoms with Crippen LogP contribution in [0.3, 0.4) is 0 Å². The molecule has 3 aliphatic rings. The molecule has 1 aliphatic carbocycles. The average Bonchev–Trinajstić information content (AvgIpc) is 2.70. The van der Waals surface area contributed by atoms with Crippen LogP contribution in [0.15, 0.2) is 29.2 Å². The van der Waals surface area contributed by atoms with E-state index in [1.54, 1.807) is 16.4 Å². The van der Waals surface area contributed by atoms with Crippen LogP contribution >= 0.6 is 0 Å². The molecule has 3 atom stereocenters. The van der Waals surface area contributed by atoms with Crippen molar-refractivity contribution in [2.75, 3.05) is 6.54 Å². The van der Waals surface area contributed by atoms with Crippen molar-refractivity contribution in [3.8, 4) is 0 Å². The van der Waals surface area contributed by atoms with Crippen LogP contribution in [0.4, 0.5) is 0 Å². The van der Waals surface area contributed by atoms with E-state index in [0.29, 0.717) is 16.7 Å². The van der Waals surface area contributed by atoms with Crippen molar-refractivity contribution in [1.82, 2.24) is 4.31 Å². The molecule has 0 radical (unpaired) electrons. The summed E-state index contributed by atoms with van der Waals surface area (Å²) in [6.07, 6.45) is 0. The average molecular weight is 221 g/mol. The number of sulfonamides is 1. The van der Waals surface area contributed by atoms with Gasteiger partial charge in [0.1, 0.15) is 0 Å². The molecule has 0 unspecified atom stereocenters. The van der Waals surface area contributed by atoms with Gasteiger partial charge in [-0.05, 0) is 18.6 Å². The molecule has 15 heavy (non-hydrogen) atoms. The lowest BCUT2D eigenvalue weighted by Crippen LogP contribution is -2.52. The molecule has 0 N–H and O–H groups in total. The first-order chi connectivity index (χ1) is 7.08. The van der Waals surface area contributed by atoms with Gasteiger partial charge in [0, 0.05) is 23.9 Å². The van der Waals surface area contributed by atoms with Crippen molar-refractivity contribution in [3.63, 3.8) is 0 Å². The fraction of sp³-hybridized carbons (Fsp3) is 0.455. The Kier molecular flexibility index (Phi) is 1.10. The molecule has 0 bridgehead atoms. The van der Waals surface area contributed by atoms with Gasteiger partial charge in [-0.25, -0.2) is 8.42 Å². The first kappa shape index (κ1) is 8.30. The quantitative estimate of drug-likeness (QED) is 0.659. The van der Waals surface area contributed by atoms with Crippen molar-refractivity contribution in [3.05, 3.63) is 29.8 Å². The van der Waals surface area contributed by atoms with E-state index in [1.807, 2.05) is 12.1 Å². The van der Waals surface area contributed by atoms with Crippen LogP contribution in [-0.4, -0.2) is 24.8 Å². The molecule has 1 aromatic carbocycles. The minimum absolute atomic E-state index is 0.0762. The highest BCUT2D eigenvalue weighted by atomic mass is 32.2.